The highest BCUT2D eigenvalue weighted by atomic mass is 16.5. The van der Waals surface area contributed by atoms with Crippen LogP contribution in [0.4, 0.5) is 0 Å². The van der Waals surface area contributed by atoms with Crippen molar-refractivity contribution < 1.29 is 4.74 Å². The molecule has 0 aromatic carbocycles. The minimum Gasteiger partial charge on any atom is -0.380 e. The molecule has 2 heteroatoms. The van der Waals surface area contributed by atoms with Crippen molar-refractivity contribution in [3.63, 3.8) is 0 Å². The average Bonchev–Trinajstić information content (AvgIpc) is 1.87. The zero-order chi connectivity index (χ0) is 7.61. The standard InChI is InChI=1S/C8H17NO/c1-8(4-3-5-8)7(6-9)10-2/h7H,3-6,9H2,1-2H3. The van der Waals surface area contributed by atoms with Gasteiger partial charge in [-0.15, -0.1) is 0 Å². The molecule has 0 aromatic rings. The van der Waals surface area contributed by atoms with Gasteiger partial charge in [-0.1, -0.05) is 13.3 Å². The maximum atomic E-state index is 5.55. The van der Waals surface area contributed by atoms with E-state index in [2.05, 4.69) is 6.92 Å². The van der Waals surface area contributed by atoms with Crippen molar-refractivity contribution in [2.45, 2.75) is 32.3 Å². The Hall–Kier alpha value is -0.0800. The van der Waals surface area contributed by atoms with Crippen LogP contribution in [0, 0.1) is 5.41 Å². The first kappa shape index (κ1) is 8.02. The fourth-order valence-electron chi connectivity index (χ4n) is 1.72. The molecule has 0 saturated heterocycles. The molecule has 2 N–H and O–H groups in total. The van der Waals surface area contributed by atoms with Crippen LogP contribution in [-0.4, -0.2) is 19.8 Å². The summed E-state index contributed by atoms with van der Waals surface area (Å²) in [5, 5.41) is 0. The first-order valence-electron chi connectivity index (χ1n) is 3.96. The first-order chi connectivity index (χ1) is 4.73. The highest BCUT2D eigenvalue weighted by molar-refractivity contribution is 4.90. The lowest BCUT2D eigenvalue weighted by Crippen LogP contribution is -2.44. The third-order valence-electron chi connectivity index (χ3n) is 2.77. The van der Waals surface area contributed by atoms with Crippen LogP contribution in [0.5, 0.6) is 0 Å². The van der Waals surface area contributed by atoms with Crippen molar-refractivity contribution >= 4 is 0 Å². The summed E-state index contributed by atoms with van der Waals surface area (Å²) in [7, 11) is 1.75. The fourth-order valence-corrected chi connectivity index (χ4v) is 1.72. The Morgan fingerprint density at radius 2 is 2.20 bits per heavy atom. The molecule has 0 heterocycles. The monoisotopic (exact) mass is 143 g/mol. The molecule has 1 saturated carbocycles. The van der Waals surface area contributed by atoms with Crippen molar-refractivity contribution in [2.24, 2.45) is 11.1 Å². The van der Waals surface area contributed by atoms with Crippen LogP contribution in [0.1, 0.15) is 26.2 Å². The van der Waals surface area contributed by atoms with Gasteiger partial charge in [0.15, 0.2) is 0 Å². The molecule has 1 aliphatic rings. The van der Waals surface area contributed by atoms with Gasteiger partial charge in [-0.2, -0.15) is 0 Å². The van der Waals surface area contributed by atoms with Crippen LogP contribution in [-0.2, 0) is 4.74 Å². The molecule has 0 aromatic heterocycles. The van der Waals surface area contributed by atoms with Crippen molar-refractivity contribution in [2.75, 3.05) is 13.7 Å². The predicted molar refractivity (Wildman–Crippen MR) is 41.8 cm³/mol. The van der Waals surface area contributed by atoms with Gasteiger partial charge in [0, 0.05) is 13.7 Å². The molecule has 0 bridgehead atoms. The molecule has 0 aliphatic heterocycles. The molecular formula is C8H17NO. The molecule has 0 amide bonds. The highest BCUT2D eigenvalue weighted by Crippen LogP contribution is 2.43. The fraction of sp³-hybridized carbons (Fsp3) is 1.00. The third kappa shape index (κ3) is 1.18. The zero-order valence-corrected chi connectivity index (χ0v) is 6.89. The zero-order valence-electron chi connectivity index (χ0n) is 6.89. The maximum Gasteiger partial charge on any atom is 0.0746 e. The summed E-state index contributed by atoms with van der Waals surface area (Å²) in [4.78, 5) is 0. The Kier molecular flexibility index (Phi) is 2.32. The molecule has 1 fully saturated rings. The summed E-state index contributed by atoms with van der Waals surface area (Å²) in [5.41, 5.74) is 5.95. The quantitative estimate of drug-likeness (QED) is 0.643. The van der Waals surface area contributed by atoms with E-state index in [0.717, 1.165) is 0 Å². The van der Waals surface area contributed by atoms with Gasteiger partial charge in [0.2, 0.25) is 0 Å². The lowest BCUT2D eigenvalue weighted by Gasteiger charge is -2.43. The van der Waals surface area contributed by atoms with Gasteiger partial charge in [-0.3, -0.25) is 0 Å². The predicted octanol–water partition coefficient (Wildman–Crippen LogP) is 1.15. The summed E-state index contributed by atoms with van der Waals surface area (Å²) in [5.74, 6) is 0. The van der Waals surface area contributed by atoms with E-state index in [1.54, 1.807) is 7.11 Å². The molecule has 2 nitrogen and oxygen atoms in total. The number of hydrogen-bond acceptors (Lipinski definition) is 2. The van der Waals surface area contributed by atoms with E-state index in [1.807, 2.05) is 0 Å². The van der Waals surface area contributed by atoms with E-state index >= 15 is 0 Å². The van der Waals surface area contributed by atoms with Crippen LogP contribution in [0.15, 0.2) is 0 Å². The van der Waals surface area contributed by atoms with Crippen molar-refractivity contribution in [1.29, 1.82) is 0 Å². The summed E-state index contributed by atoms with van der Waals surface area (Å²) in [6.45, 7) is 2.92. The second kappa shape index (κ2) is 2.89. The van der Waals surface area contributed by atoms with Crippen LogP contribution in [0.2, 0.25) is 0 Å². The summed E-state index contributed by atoms with van der Waals surface area (Å²) in [6.07, 6.45) is 4.18. The van der Waals surface area contributed by atoms with Gasteiger partial charge in [0.05, 0.1) is 6.10 Å². The van der Waals surface area contributed by atoms with Gasteiger partial charge in [0.1, 0.15) is 0 Å². The van der Waals surface area contributed by atoms with E-state index < -0.39 is 0 Å². The highest BCUT2D eigenvalue weighted by Gasteiger charge is 2.38. The Labute approximate surface area is 62.7 Å². The lowest BCUT2D eigenvalue weighted by molar-refractivity contribution is -0.0425. The van der Waals surface area contributed by atoms with Crippen LogP contribution in [0.3, 0.4) is 0 Å². The maximum absolute atomic E-state index is 5.55. The molecule has 1 atom stereocenters. The second-order valence-corrected chi connectivity index (χ2v) is 3.47. The van der Waals surface area contributed by atoms with Crippen molar-refractivity contribution in [3.8, 4) is 0 Å². The Balaban J connectivity index is 2.43. The third-order valence-corrected chi connectivity index (χ3v) is 2.77. The van der Waals surface area contributed by atoms with Crippen molar-refractivity contribution in [1.82, 2.24) is 0 Å². The SMILES string of the molecule is COC(CN)C1(C)CCC1. The molecule has 10 heavy (non-hydrogen) atoms. The van der Waals surface area contributed by atoms with Crippen LogP contribution in [0.25, 0.3) is 0 Å². The van der Waals surface area contributed by atoms with Gasteiger partial charge >= 0.3 is 0 Å². The second-order valence-electron chi connectivity index (χ2n) is 3.47. The summed E-state index contributed by atoms with van der Waals surface area (Å²) >= 11 is 0. The smallest absolute Gasteiger partial charge is 0.0746 e. The minimum absolute atomic E-state index is 0.279. The van der Waals surface area contributed by atoms with Gasteiger partial charge < -0.3 is 10.5 Å². The lowest BCUT2D eigenvalue weighted by atomic mass is 9.66. The van der Waals surface area contributed by atoms with E-state index in [-0.39, 0.29) is 6.10 Å². The van der Waals surface area contributed by atoms with E-state index in [0.29, 0.717) is 12.0 Å². The molecule has 0 spiro atoms. The molecule has 1 aliphatic carbocycles. The molecule has 1 rings (SSSR count). The average molecular weight is 143 g/mol. The molecular weight excluding hydrogens is 126 g/mol. The largest absolute Gasteiger partial charge is 0.380 e. The Bertz CT molecular complexity index is 106. The number of nitrogens with two attached hydrogens (primary N) is 1. The van der Waals surface area contributed by atoms with Gasteiger partial charge in [-0.25, -0.2) is 0 Å². The molecule has 60 valence electrons. The number of rotatable bonds is 3. The van der Waals surface area contributed by atoms with Crippen LogP contribution >= 0.6 is 0 Å². The Morgan fingerprint density at radius 1 is 1.60 bits per heavy atom. The summed E-state index contributed by atoms with van der Waals surface area (Å²) < 4.78 is 5.28. The van der Waals surface area contributed by atoms with E-state index in [9.17, 15) is 0 Å². The van der Waals surface area contributed by atoms with Gasteiger partial charge in [-0.05, 0) is 18.3 Å². The normalized spacial score (nSPS) is 25.5. The van der Waals surface area contributed by atoms with E-state index in [1.165, 1.54) is 19.3 Å². The van der Waals surface area contributed by atoms with Crippen LogP contribution < -0.4 is 5.73 Å². The molecule has 0 radical (unpaired) electrons. The minimum atomic E-state index is 0.279. The number of hydrogen-bond donors (Lipinski definition) is 1. The number of methoxy groups -OCH3 is 1. The van der Waals surface area contributed by atoms with Crippen molar-refractivity contribution in [3.05, 3.63) is 0 Å². The number of ether oxygens (including phenoxy) is 1. The van der Waals surface area contributed by atoms with Gasteiger partial charge in [0.25, 0.3) is 0 Å². The Morgan fingerprint density at radius 3 is 2.30 bits per heavy atom. The first-order valence-corrected chi connectivity index (χ1v) is 3.96. The van der Waals surface area contributed by atoms with E-state index in [4.69, 9.17) is 10.5 Å². The molecule has 1 unspecified atom stereocenters. The topological polar surface area (TPSA) is 35.2 Å². The summed E-state index contributed by atoms with van der Waals surface area (Å²) in [6, 6.07) is 0.